The third kappa shape index (κ3) is 16.6. The van der Waals surface area contributed by atoms with Crippen LogP contribution in [0.4, 0.5) is 37.7 Å². The number of anilines is 2. The Balaban J connectivity index is 0.000000182. The van der Waals surface area contributed by atoms with Crippen molar-refractivity contribution in [3.63, 3.8) is 0 Å². The summed E-state index contributed by atoms with van der Waals surface area (Å²) < 4.78 is 77.5. The maximum Gasteiger partial charge on any atom is 0.430 e. The van der Waals surface area contributed by atoms with E-state index in [0.29, 0.717) is 11.8 Å². The van der Waals surface area contributed by atoms with Gasteiger partial charge in [0.25, 0.3) is 0 Å². The van der Waals surface area contributed by atoms with Gasteiger partial charge in [0.1, 0.15) is 38.1 Å². The number of ether oxygens (including phenoxy) is 2. The number of carbonyl (C=O) groups excluding carboxylic acids is 4. The summed E-state index contributed by atoms with van der Waals surface area (Å²) in [6.07, 6.45) is -2.34. The largest absolute Gasteiger partial charge is 0.542 e. The number of hydrogen-bond acceptors (Lipinski definition) is 12. The Kier molecular flexibility index (Phi) is 19.6. The van der Waals surface area contributed by atoms with E-state index in [4.69, 9.17) is 29.3 Å². The summed E-state index contributed by atoms with van der Waals surface area (Å²) in [7, 11) is 0. The summed E-state index contributed by atoms with van der Waals surface area (Å²) >= 11 is 0. The quantitative estimate of drug-likeness (QED) is 0.0615. The Morgan fingerprint density at radius 1 is 0.487 bits per heavy atom. The molecule has 20 heteroatoms. The van der Waals surface area contributed by atoms with Gasteiger partial charge in [-0.2, -0.15) is 26.3 Å². The number of pyridine rings is 2. The summed E-state index contributed by atoms with van der Waals surface area (Å²) in [5.41, 5.74) is 5.88. The zero-order valence-corrected chi connectivity index (χ0v) is 42.4. The number of para-hydroxylation sites is 2. The highest BCUT2D eigenvalue weighted by Gasteiger charge is 2.50. The zero-order valence-electron chi connectivity index (χ0n) is 42.4. The highest BCUT2D eigenvalue weighted by atomic mass is 19.4. The van der Waals surface area contributed by atoms with Crippen molar-refractivity contribution in [2.45, 2.75) is 75.4 Å². The number of hydrogen-bond donors (Lipinski definition) is 2. The van der Waals surface area contributed by atoms with Crippen molar-refractivity contribution in [1.82, 2.24) is 9.97 Å². The number of benzene rings is 4. The molecule has 0 aliphatic carbocycles. The summed E-state index contributed by atoms with van der Waals surface area (Å²) in [6.45, 7) is 8.12. The molecule has 4 atom stereocenters. The van der Waals surface area contributed by atoms with Gasteiger partial charge >= 0.3 is 24.3 Å². The number of aromatic nitrogens is 2. The van der Waals surface area contributed by atoms with E-state index in [9.17, 15) is 35.9 Å². The van der Waals surface area contributed by atoms with Crippen LogP contribution in [0, 0.1) is 11.8 Å². The van der Waals surface area contributed by atoms with E-state index in [1.165, 1.54) is 0 Å². The first-order valence-electron chi connectivity index (χ1n) is 25.5. The topological polar surface area (TPSA) is 183 Å². The summed E-state index contributed by atoms with van der Waals surface area (Å²) in [4.78, 5) is 53.6. The summed E-state index contributed by atoms with van der Waals surface area (Å²) in [5, 5.41) is 24.3. The maximum absolute atomic E-state index is 13.5. The minimum absolute atomic E-state index is 0.0440. The van der Waals surface area contributed by atoms with Crippen molar-refractivity contribution in [3.8, 4) is 0 Å². The molecule has 6 aliphatic heterocycles. The van der Waals surface area contributed by atoms with E-state index in [1.807, 2.05) is 146 Å². The minimum atomic E-state index is -5.19. The van der Waals surface area contributed by atoms with Crippen LogP contribution >= 0.6 is 0 Å². The van der Waals surface area contributed by atoms with Crippen LogP contribution in [0.3, 0.4) is 0 Å². The van der Waals surface area contributed by atoms with Crippen molar-refractivity contribution < 1.29 is 74.2 Å². The Morgan fingerprint density at radius 3 is 1.06 bits per heavy atom. The molecule has 0 unspecified atom stereocenters. The monoisotopic (exact) mass is 1080 g/mol. The van der Waals surface area contributed by atoms with Crippen molar-refractivity contribution in [2.24, 2.45) is 11.8 Å². The number of quaternary nitrogens is 2. The molecule has 0 radical (unpaired) electrons. The van der Waals surface area contributed by atoms with Crippen LogP contribution in [0.5, 0.6) is 0 Å². The fourth-order valence-corrected chi connectivity index (χ4v) is 10.5. The molecule has 6 fully saturated rings. The maximum atomic E-state index is 13.5. The van der Waals surface area contributed by atoms with Gasteiger partial charge in [-0.25, -0.2) is 9.59 Å². The fourth-order valence-electron chi connectivity index (χ4n) is 10.5. The van der Waals surface area contributed by atoms with Gasteiger partial charge in [-0.3, -0.25) is 9.97 Å². The molecule has 6 saturated heterocycles. The smallest absolute Gasteiger partial charge is 0.430 e. The van der Waals surface area contributed by atoms with E-state index in [0.717, 1.165) is 121 Å². The van der Waals surface area contributed by atoms with Crippen LogP contribution in [0.15, 0.2) is 170 Å². The number of carboxylic acid groups (broad SMARTS) is 2. The van der Waals surface area contributed by atoms with Gasteiger partial charge in [0, 0.05) is 61.3 Å². The Morgan fingerprint density at radius 2 is 0.782 bits per heavy atom. The summed E-state index contributed by atoms with van der Waals surface area (Å²) in [6, 6.07) is 50.6. The van der Waals surface area contributed by atoms with E-state index in [2.05, 4.69) is 44.9 Å². The van der Waals surface area contributed by atoms with Crippen LogP contribution < -0.4 is 20.8 Å². The molecule has 6 aromatic rings. The predicted octanol–water partition coefficient (Wildman–Crippen LogP) is 7.77. The molecule has 0 saturated carbocycles. The Labute approximate surface area is 447 Å². The number of piperidine rings is 6. The first kappa shape index (κ1) is 57.9. The number of aliphatic carboxylic acids is 2. The molecule has 78 heavy (non-hydrogen) atoms. The highest BCUT2D eigenvalue weighted by molar-refractivity contribution is 5.82. The lowest BCUT2D eigenvalue weighted by atomic mass is 9.83. The Bertz CT molecular complexity index is 2630. The third-order valence-electron chi connectivity index (χ3n) is 14.4. The molecule has 412 valence electrons. The molecular formula is C58H60F6N6O8. The van der Waals surface area contributed by atoms with E-state index in [1.54, 1.807) is 0 Å². The van der Waals surface area contributed by atoms with Crippen LogP contribution in [-0.2, 0) is 41.7 Å². The average molecular weight is 1080 g/mol. The Hall–Kier alpha value is -7.84. The molecule has 0 spiro atoms. The molecule has 12 rings (SSSR count). The molecule has 2 aromatic heterocycles. The van der Waals surface area contributed by atoms with Gasteiger partial charge in [-0.1, -0.05) is 109 Å². The van der Waals surface area contributed by atoms with Gasteiger partial charge in [-0.05, 0) is 59.7 Å². The van der Waals surface area contributed by atoms with Crippen LogP contribution in [0.1, 0.15) is 60.3 Å². The molecule has 2 N–H and O–H groups in total. The first-order valence-corrected chi connectivity index (χ1v) is 25.5. The molecular weight excluding hydrogens is 1020 g/mol. The number of nitrogens with zero attached hydrogens (tertiary/aromatic N) is 4. The van der Waals surface area contributed by atoms with Crippen molar-refractivity contribution in [1.29, 1.82) is 0 Å². The lowest BCUT2D eigenvalue weighted by Gasteiger charge is -2.52. The second kappa shape index (κ2) is 26.5. The number of alkyl halides is 6. The van der Waals surface area contributed by atoms with Gasteiger partial charge in [0.05, 0.1) is 37.6 Å². The number of carbonyl (C=O) groups is 4. The zero-order chi connectivity index (χ0) is 55.8. The molecule has 0 amide bonds. The third-order valence-corrected chi connectivity index (χ3v) is 14.4. The average Bonchev–Trinajstić information content (AvgIpc) is 3.47. The number of fused-ring (bicyclic) bond motifs is 6. The normalized spacial score (nSPS) is 22.6. The highest BCUT2D eigenvalue weighted by Crippen LogP contribution is 2.39. The molecule has 8 heterocycles. The number of esters is 2. The van der Waals surface area contributed by atoms with Crippen molar-refractivity contribution >= 4 is 35.3 Å². The first-order chi connectivity index (χ1) is 37.3. The predicted molar refractivity (Wildman–Crippen MR) is 271 cm³/mol. The lowest BCUT2D eigenvalue weighted by molar-refractivity contribution is -0.958. The molecule has 6 aliphatic rings. The molecule has 14 nitrogen and oxygen atoms in total. The van der Waals surface area contributed by atoms with Crippen molar-refractivity contribution in [3.05, 3.63) is 193 Å². The fraction of sp³-hybridized carbons (Fsp3) is 0.345. The standard InChI is InChI=1S/2C27H30N3O2.2C2HF3O2/c2*31-27(26(22-9-3-1-4-10-22)29-23-11-5-2-6-12-23)32-25-20-30(17-14-21(25)15-18-30)19-24-13-7-8-16-28-24;2*3-2(4,5)1(6)7/h2*1-13,16,21,25-26,29H,14-15,17-20H2;2*(H,6,7)/q2*+1;;/p-2/t2*21?,25-,26+,30?;;/m00../s1. The number of nitrogens with one attached hydrogen (secondary N) is 2. The molecule has 4 aromatic carbocycles. The second-order valence-corrected chi connectivity index (χ2v) is 19.8. The van der Waals surface area contributed by atoms with E-state index in [-0.39, 0.29) is 24.1 Å². The van der Waals surface area contributed by atoms with Gasteiger partial charge in [0.15, 0.2) is 24.3 Å². The van der Waals surface area contributed by atoms with E-state index < -0.39 is 36.4 Å². The van der Waals surface area contributed by atoms with Gasteiger partial charge in [-0.15, -0.1) is 0 Å². The number of rotatable bonds is 14. The van der Waals surface area contributed by atoms with Crippen LogP contribution in [0.25, 0.3) is 0 Å². The lowest BCUT2D eigenvalue weighted by Crippen LogP contribution is -2.64. The SMILES string of the molecule is O=C(O[C@H]1C[N+]2(Cc3ccccn3)CCC1CC2)[C@H](Nc1ccccc1)c1ccccc1.O=C(O[C@H]1C[N+]2(Cc3ccccn3)CCC1CC2)[C@H](Nc1ccccc1)c1ccccc1.O=C([O-])C(F)(F)F.O=C([O-])C(F)(F)F. The second-order valence-electron chi connectivity index (χ2n) is 19.8. The van der Waals surface area contributed by atoms with Crippen molar-refractivity contribution in [2.75, 3.05) is 49.9 Å². The number of carboxylic acids is 2. The minimum Gasteiger partial charge on any atom is -0.542 e. The van der Waals surface area contributed by atoms with Crippen LogP contribution in [0.2, 0.25) is 0 Å². The van der Waals surface area contributed by atoms with Gasteiger partial charge < -0.3 is 48.9 Å². The van der Waals surface area contributed by atoms with Crippen LogP contribution in [-0.4, -0.2) is 107 Å². The summed E-state index contributed by atoms with van der Waals surface area (Å²) in [5.74, 6) is -5.50. The van der Waals surface area contributed by atoms with Gasteiger partial charge in [0.2, 0.25) is 0 Å². The number of halogens is 6. The van der Waals surface area contributed by atoms with E-state index >= 15 is 0 Å². The molecule has 4 bridgehead atoms.